The van der Waals surface area contributed by atoms with Crippen LogP contribution >= 0.6 is 0 Å². The number of carbonyl (C=O) groups excluding carboxylic acids is 2. The number of hydrogen-bond acceptors (Lipinski definition) is 4. The van der Waals surface area contributed by atoms with E-state index in [1.54, 1.807) is 18.2 Å². The molecule has 1 aromatic carbocycles. The van der Waals surface area contributed by atoms with Crippen molar-refractivity contribution in [3.63, 3.8) is 0 Å². The molecule has 6 nitrogen and oxygen atoms in total. The van der Waals surface area contributed by atoms with Gasteiger partial charge in [0.05, 0.1) is 6.04 Å². The molecule has 2 amide bonds. The fourth-order valence-electron chi connectivity index (χ4n) is 2.85. The molecule has 0 aliphatic carbocycles. The third-order valence-electron chi connectivity index (χ3n) is 4.23. The molecule has 1 aromatic rings. The average molecular weight is 333 g/mol. The van der Waals surface area contributed by atoms with Gasteiger partial charge in [-0.1, -0.05) is 0 Å². The van der Waals surface area contributed by atoms with Gasteiger partial charge in [-0.3, -0.25) is 9.59 Å². The van der Waals surface area contributed by atoms with E-state index in [1.807, 2.05) is 20.8 Å². The summed E-state index contributed by atoms with van der Waals surface area (Å²) in [5.41, 5.74) is 8.15. The first kappa shape index (κ1) is 18.4. The fraction of sp³-hybridized carbons (Fsp3) is 0.556. The van der Waals surface area contributed by atoms with Gasteiger partial charge >= 0.3 is 0 Å². The van der Waals surface area contributed by atoms with Gasteiger partial charge in [-0.05, 0) is 63.3 Å². The predicted molar refractivity (Wildman–Crippen MR) is 93.9 cm³/mol. The van der Waals surface area contributed by atoms with Gasteiger partial charge in [0.1, 0.15) is 0 Å². The molecule has 1 aliphatic heterocycles. The summed E-state index contributed by atoms with van der Waals surface area (Å²) in [6.45, 7) is 7.00. The van der Waals surface area contributed by atoms with Crippen molar-refractivity contribution in [3.05, 3.63) is 29.3 Å². The summed E-state index contributed by atoms with van der Waals surface area (Å²) in [7, 11) is 0. The highest BCUT2D eigenvalue weighted by atomic mass is 16.5. The Morgan fingerprint density at radius 2 is 1.92 bits per heavy atom. The lowest BCUT2D eigenvalue weighted by Crippen LogP contribution is -2.44. The highest BCUT2D eigenvalue weighted by Crippen LogP contribution is 2.20. The molecule has 1 unspecified atom stereocenters. The minimum Gasteiger partial charge on any atom is -0.381 e. The second-order valence-electron chi connectivity index (χ2n) is 6.62. The normalized spacial score (nSPS) is 16.7. The van der Waals surface area contributed by atoms with Gasteiger partial charge in [-0.2, -0.15) is 0 Å². The molecule has 0 spiro atoms. The van der Waals surface area contributed by atoms with Crippen molar-refractivity contribution in [1.29, 1.82) is 0 Å². The Balaban J connectivity index is 2.00. The molecule has 1 atom stereocenters. The first-order chi connectivity index (χ1) is 11.4. The molecule has 0 saturated carbocycles. The molecular formula is C18H27N3O3. The van der Waals surface area contributed by atoms with Gasteiger partial charge in [-0.25, -0.2) is 0 Å². The van der Waals surface area contributed by atoms with Gasteiger partial charge in [0.2, 0.25) is 5.91 Å². The second-order valence-corrected chi connectivity index (χ2v) is 6.62. The molecule has 0 aromatic heterocycles. The minimum absolute atomic E-state index is 0.0775. The number of nitrogens with two attached hydrogens (primary N) is 1. The van der Waals surface area contributed by atoms with Gasteiger partial charge in [0.25, 0.3) is 5.91 Å². The summed E-state index contributed by atoms with van der Waals surface area (Å²) in [5, 5.41) is 5.71. The lowest BCUT2D eigenvalue weighted by Gasteiger charge is -2.26. The zero-order chi connectivity index (χ0) is 17.7. The van der Waals surface area contributed by atoms with E-state index in [1.165, 1.54) is 0 Å². The van der Waals surface area contributed by atoms with Crippen LogP contribution in [0, 0.1) is 12.8 Å². The van der Waals surface area contributed by atoms with E-state index >= 15 is 0 Å². The van der Waals surface area contributed by atoms with Crippen LogP contribution in [-0.2, 0) is 9.53 Å². The second kappa shape index (κ2) is 8.26. The van der Waals surface area contributed by atoms with Gasteiger partial charge in [0, 0.05) is 30.5 Å². The highest BCUT2D eigenvalue weighted by molar-refractivity contribution is 5.98. The van der Waals surface area contributed by atoms with E-state index < -0.39 is 6.04 Å². The highest BCUT2D eigenvalue weighted by Gasteiger charge is 2.26. The van der Waals surface area contributed by atoms with Crippen molar-refractivity contribution in [2.45, 2.75) is 45.7 Å². The Labute approximate surface area is 143 Å². The molecule has 1 heterocycles. The monoisotopic (exact) mass is 333 g/mol. The van der Waals surface area contributed by atoms with Crippen LogP contribution in [0.4, 0.5) is 5.69 Å². The van der Waals surface area contributed by atoms with Crippen LogP contribution < -0.4 is 16.4 Å². The number of hydrogen-bond donors (Lipinski definition) is 3. The summed E-state index contributed by atoms with van der Waals surface area (Å²) in [5.74, 6) is -0.157. The number of nitrogens with one attached hydrogen (secondary N) is 2. The molecular weight excluding hydrogens is 306 g/mol. The molecule has 24 heavy (non-hydrogen) atoms. The Morgan fingerprint density at radius 3 is 2.50 bits per heavy atom. The summed E-state index contributed by atoms with van der Waals surface area (Å²) in [4.78, 5) is 24.4. The number of ether oxygens (including phenoxy) is 1. The van der Waals surface area contributed by atoms with Crippen molar-refractivity contribution in [2.24, 2.45) is 11.7 Å². The Morgan fingerprint density at radius 1 is 1.25 bits per heavy atom. The van der Waals surface area contributed by atoms with Crippen LogP contribution in [0.15, 0.2) is 18.2 Å². The van der Waals surface area contributed by atoms with E-state index in [-0.39, 0.29) is 23.8 Å². The molecule has 6 heteroatoms. The third-order valence-corrected chi connectivity index (χ3v) is 4.23. The van der Waals surface area contributed by atoms with Gasteiger partial charge < -0.3 is 21.1 Å². The maximum absolute atomic E-state index is 12.3. The van der Waals surface area contributed by atoms with Crippen molar-refractivity contribution < 1.29 is 14.3 Å². The van der Waals surface area contributed by atoms with Crippen molar-refractivity contribution in [2.75, 3.05) is 18.5 Å². The van der Waals surface area contributed by atoms with Gasteiger partial charge in [-0.15, -0.1) is 0 Å². The zero-order valence-corrected chi connectivity index (χ0v) is 14.6. The van der Waals surface area contributed by atoms with E-state index in [9.17, 15) is 9.59 Å². The average Bonchev–Trinajstić information content (AvgIpc) is 2.54. The van der Waals surface area contributed by atoms with E-state index in [2.05, 4.69) is 10.6 Å². The molecule has 1 aliphatic rings. The number of benzene rings is 1. The topological polar surface area (TPSA) is 93.5 Å². The Hall–Kier alpha value is -1.92. The molecule has 0 bridgehead atoms. The van der Waals surface area contributed by atoms with Crippen LogP contribution in [0.25, 0.3) is 0 Å². The fourth-order valence-corrected chi connectivity index (χ4v) is 2.85. The Bertz CT molecular complexity index is 595. The molecule has 2 rings (SSSR count). The standard InChI is InChI=1S/C18H27N3O3/c1-11(2)20-17(22)15-5-4-14(10-12(15)3)21-18(23)16(19)13-6-8-24-9-7-13/h4-5,10-11,13,16H,6-9,19H2,1-3H3,(H,20,22)(H,21,23). The zero-order valence-electron chi connectivity index (χ0n) is 14.6. The SMILES string of the molecule is Cc1cc(NC(=O)C(N)C2CCOCC2)ccc1C(=O)NC(C)C. The minimum atomic E-state index is -0.543. The number of aryl methyl sites for hydroxylation is 1. The van der Waals surface area contributed by atoms with E-state index in [0.717, 1.165) is 18.4 Å². The smallest absolute Gasteiger partial charge is 0.251 e. The molecule has 1 saturated heterocycles. The molecule has 4 N–H and O–H groups in total. The molecule has 1 fully saturated rings. The number of amides is 2. The first-order valence-corrected chi connectivity index (χ1v) is 8.44. The largest absolute Gasteiger partial charge is 0.381 e. The summed E-state index contributed by atoms with van der Waals surface area (Å²) in [6.07, 6.45) is 1.61. The number of rotatable bonds is 5. The van der Waals surface area contributed by atoms with Crippen LogP contribution in [0.2, 0.25) is 0 Å². The van der Waals surface area contributed by atoms with Crippen LogP contribution in [0.5, 0.6) is 0 Å². The van der Waals surface area contributed by atoms with Crippen molar-refractivity contribution in [1.82, 2.24) is 5.32 Å². The Kier molecular flexibility index (Phi) is 6.34. The quantitative estimate of drug-likeness (QED) is 0.766. The van der Waals surface area contributed by atoms with Crippen LogP contribution in [0.1, 0.15) is 42.6 Å². The van der Waals surface area contributed by atoms with Gasteiger partial charge in [0.15, 0.2) is 0 Å². The maximum atomic E-state index is 12.3. The molecule has 132 valence electrons. The summed E-state index contributed by atoms with van der Waals surface area (Å²) in [6, 6.07) is 4.79. The lowest BCUT2D eigenvalue weighted by atomic mass is 9.92. The van der Waals surface area contributed by atoms with E-state index in [4.69, 9.17) is 10.5 Å². The first-order valence-electron chi connectivity index (χ1n) is 8.44. The maximum Gasteiger partial charge on any atom is 0.251 e. The van der Waals surface area contributed by atoms with Crippen molar-refractivity contribution in [3.8, 4) is 0 Å². The summed E-state index contributed by atoms with van der Waals surface area (Å²) < 4.78 is 5.30. The molecule has 0 radical (unpaired) electrons. The van der Waals surface area contributed by atoms with E-state index in [0.29, 0.717) is 24.5 Å². The predicted octanol–water partition coefficient (Wildman–Crippen LogP) is 1.83. The van der Waals surface area contributed by atoms with Crippen LogP contribution in [0.3, 0.4) is 0 Å². The van der Waals surface area contributed by atoms with Crippen LogP contribution in [-0.4, -0.2) is 37.1 Å². The number of anilines is 1. The number of carbonyl (C=O) groups is 2. The van der Waals surface area contributed by atoms with Crippen molar-refractivity contribution >= 4 is 17.5 Å². The lowest BCUT2D eigenvalue weighted by molar-refractivity contribution is -0.119. The summed E-state index contributed by atoms with van der Waals surface area (Å²) >= 11 is 0. The third kappa shape index (κ3) is 4.79.